The van der Waals surface area contributed by atoms with Crippen molar-refractivity contribution in [3.05, 3.63) is 29.8 Å². The lowest BCUT2D eigenvalue weighted by Gasteiger charge is -2.34. The molecule has 3 rings (SSSR count). The molecule has 4 nitrogen and oxygen atoms in total. The minimum atomic E-state index is -0.154. The first-order valence-electron chi connectivity index (χ1n) is 7.41. The van der Waals surface area contributed by atoms with Gasteiger partial charge in [-0.25, -0.2) is 0 Å². The molecule has 1 saturated heterocycles. The highest BCUT2D eigenvalue weighted by atomic mass is 16.5. The van der Waals surface area contributed by atoms with Crippen molar-refractivity contribution in [3.63, 3.8) is 0 Å². The van der Waals surface area contributed by atoms with Crippen molar-refractivity contribution in [2.75, 3.05) is 26.3 Å². The number of hydrogen-bond acceptors (Lipinski definition) is 3. The van der Waals surface area contributed by atoms with Crippen LogP contribution in [-0.2, 0) is 4.79 Å². The second-order valence-electron chi connectivity index (χ2n) is 5.71. The van der Waals surface area contributed by atoms with Crippen LogP contribution in [0.5, 0.6) is 5.75 Å². The predicted molar refractivity (Wildman–Crippen MR) is 75.7 cm³/mol. The van der Waals surface area contributed by atoms with E-state index in [2.05, 4.69) is 0 Å². The molecule has 0 saturated carbocycles. The molecule has 2 heterocycles. The van der Waals surface area contributed by atoms with Gasteiger partial charge in [0.05, 0.1) is 0 Å². The average molecular weight is 275 g/mol. The second kappa shape index (κ2) is 5.83. The molecular weight excluding hydrogens is 254 g/mol. The number of benzene rings is 1. The number of fused-ring (bicyclic) bond motifs is 1. The highest BCUT2D eigenvalue weighted by Crippen LogP contribution is 2.35. The molecule has 0 spiro atoms. The standard InChI is InChI=1S/C16H21NO3/c18-9-7-12-4-3-8-17(10-12)16(19)14-11-20-15-6-2-1-5-13(14)15/h1-2,5-6,12,14,18H,3-4,7-11H2. The normalized spacial score (nSPS) is 25.1. The molecule has 108 valence electrons. The number of ether oxygens (including phenoxy) is 1. The molecule has 1 N–H and O–H groups in total. The summed E-state index contributed by atoms with van der Waals surface area (Å²) in [5.41, 5.74) is 1.02. The number of amides is 1. The van der Waals surface area contributed by atoms with E-state index in [9.17, 15) is 4.79 Å². The number of hydrogen-bond donors (Lipinski definition) is 1. The van der Waals surface area contributed by atoms with E-state index in [0.29, 0.717) is 12.5 Å². The Labute approximate surface area is 119 Å². The third kappa shape index (κ3) is 2.52. The summed E-state index contributed by atoms with van der Waals surface area (Å²) in [6.45, 7) is 2.28. The Balaban J connectivity index is 1.70. The average Bonchev–Trinajstić information content (AvgIpc) is 2.91. The molecule has 4 heteroatoms. The van der Waals surface area contributed by atoms with Crippen LogP contribution in [0.3, 0.4) is 0 Å². The summed E-state index contributed by atoms with van der Waals surface area (Å²) >= 11 is 0. The van der Waals surface area contributed by atoms with E-state index in [1.54, 1.807) is 0 Å². The summed E-state index contributed by atoms with van der Waals surface area (Å²) < 4.78 is 5.61. The number of rotatable bonds is 3. The van der Waals surface area contributed by atoms with Crippen molar-refractivity contribution in [2.24, 2.45) is 5.92 Å². The summed E-state index contributed by atoms with van der Waals surface area (Å²) in [5, 5.41) is 9.06. The highest BCUT2D eigenvalue weighted by Gasteiger charge is 2.34. The SMILES string of the molecule is O=C(C1COc2ccccc21)N1CCCC(CCO)C1. The summed E-state index contributed by atoms with van der Waals surface area (Å²) in [4.78, 5) is 14.7. The molecule has 2 atom stereocenters. The Morgan fingerprint density at radius 3 is 3.10 bits per heavy atom. The Morgan fingerprint density at radius 2 is 2.25 bits per heavy atom. The summed E-state index contributed by atoms with van der Waals surface area (Å²) in [5.74, 6) is 1.31. The molecule has 0 bridgehead atoms. The first-order chi connectivity index (χ1) is 9.79. The van der Waals surface area contributed by atoms with Gasteiger partial charge in [0, 0.05) is 25.3 Å². The molecule has 2 aliphatic heterocycles. The zero-order valence-corrected chi connectivity index (χ0v) is 11.6. The van der Waals surface area contributed by atoms with Gasteiger partial charge in [0.25, 0.3) is 0 Å². The van der Waals surface area contributed by atoms with Crippen molar-refractivity contribution in [1.82, 2.24) is 4.90 Å². The number of piperidine rings is 1. The number of nitrogens with zero attached hydrogens (tertiary/aromatic N) is 1. The van der Waals surface area contributed by atoms with E-state index < -0.39 is 0 Å². The fourth-order valence-electron chi connectivity index (χ4n) is 3.27. The monoisotopic (exact) mass is 275 g/mol. The quantitative estimate of drug-likeness (QED) is 0.915. The van der Waals surface area contributed by atoms with Crippen LogP contribution in [0.1, 0.15) is 30.7 Å². The van der Waals surface area contributed by atoms with Crippen LogP contribution in [0.25, 0.3) is 0 Å². The first kappa shape index (κ1) is 13.4. The smallest absolute Gasteiger partial charge is 0.233 e. The van der Waals surface area contributed by atoms with Crippen LogP contribution >= 0.6 is 0 Å². The third-order valence-electron chi connectivity index (χ3n) is 4.37. The molecule has 20 heavy (non-hydrogen) atoms. The molecule has 2 aliphatic rings. The topological polar surface area (TPSA) is 49.8 Å². The van der Waals surface area contributed by atoms with Crippen LogP contribution in [0.2, 0.25) is 0 Å². The lowest BCUT2D eigenvalue weighted by Crippen LogP contribution is -2.42. The van der Waals surface area contributed by atoms with Gasteiger partial charge in [-0.1, -0.05) is 18.2 Å². The Bertz CT molecular complexity index is 486. The van der Waals surface area contributed by atoms with Gasteiger partial charge in [-0.05, 0) is 31.2 Å². The van der Waals surface area contributed by atoms with E-state index in [-0.39, 0.29) is 18.4 Å². The van der Waals surface area contributed by atoms with Crippen LogP contribution in [-0.4, -0.2) is 42.2 Å². The maximum Gasteiger partial charge on any atom is 0.233 e. The number of carbonyl (C=O) groups is 1. The molecular formula is C16H21NO3. The largest absolute Gasteiger partial charge is 0.492 e. The lowest BCUT2D eigenvalue weighted by molar-refractivity contribution is -0.135. The van der Waals surface area contributed by atoms with E-state index in [1.165, 1.54) is 0 Å². The van der Waals surface area contributed by atoms with Gasteiger partial charge in [-0.3, -0.25) is 4.79 Å². The molecule has 1 aromatic rings. The highest BCUT2D eigenvalue weighted by molar-refractivity contribution is 5.85. The second-order valence-corrected chi connectivity index (χ2v) is 5.71. The van der Waals surface area contributed by atoms with E-state index in [0.717, 1.165) is 43.7 Å². The number of aliphatic hydroxyl groups excluding tert-OH is 1. The predicted octanol–water partition coefficient (Wildman–Crippen LogP) is 1.78. The zero-order chi connectivity index (χ0) is 13.9. The number of likely N-dealkylation sites (tertiary alicyclic amines) is 1. The molecule has 0 aliphatic carbocycles. The van der Waals surface area contributed by atoms with Crippen molar-refractivity contribution in [1.29, 1.82) is 0 Å². The molecule has 0 radical (unpaired) electrons. The van der Waals surface area contributed by atoms with Gasteiger partial charge >= 0.3 is 0 Å². The minimum absolute atomic E-state index is 0.154. The third-order valence-corrected chi connectivity index (χ3v) is 4.37. The van der Waals surface area contributed by atoms with Gasteiger partial charge in [0.1, 0.15) is 18.3 Å². The summed E-state index contributed by atoms with van der Waals surface area (Å²) in [7, 11) is 0. The molecule has 2 unspecified atom stereocenters. The van der Waals surface area contributed by atoms with Gasteiger partial charge in [-0.2, -0.15) is 0 Å². The van der Waals surface area contributed by atoms with E-state index >= 15 is 0 Å². The van der Waals surface area contributed by atoms with E-state index in [4.69, 9.17) is 9.84 Å². The summed E-state index contributed by atoms with van der Waals surface area (Å²) in [6, 6.07) is 7.80. The van der Waals surface area contributed by atoms with Crippen LogP contribution in [0.15, 0.2) is 24.3 Å². The van der Waals surface area contributed by atoms with Crippen molar-refractivity contribution >= 4 is 5.91 Å². The number of aliphatic hydroxyl groups is 1. The van der Waals surface area contributed by atoms with Crippen molar-refractivity contribution < 1.29 is 14.6 Å². The van der Waals surface area contributed by atoms with Crippen LogP contribution in [0.4, 0.5) is 0 Å². The van der Waals surface area contributed by atoms with Gasteiger partial charge < -0.3 is 14.7 Å². The van der Waals surface area contributed by atoms with Gasteiger partial charge in [0.15, 0.2) is 0 Å². The Kier molecular flexibility index (Phi) is 3.92. The number of para-hydroxylation sites is 1. The van der Waals surface area contributed by atoms with Crippen LogP contribution in [0, 0.1) is 5.92 Å². The van der Waals surface area contributed by atoms with Crippen LogP contribution < -0.4 is 4.74 Å². The summed E-state index contributed by atoms with van der Waals surface area (Å²) in [6.07, 6.45) is 2.94. The minimum Gasteiger partial charge on any atom is -0.492 e. The Hall–Kier alpha value is -1.55. The Morgan fingerprint density at radius 1 is 1.40 bits per heavy atom. The first-order valence-corrected chi connectivity index (χ1v) is 7.41. The number of carbonyl (C=O) groups excluding carboxylic acids is 1. The van der Waals surface area contributed by atoms with Gasteiger partial charge in [0.2, 0.25) is 5.91 Å². The molecule has 0 aromatic heterocycles. The molecule has 1 aromatic carbocycles. The van der Waals surface area contributed by atoms with Gasteiger partial charge in [-0.15, -0.1) is 0 Å². The van der Waals surface area contributed by atoms with E-state index in [1.807, 2.05) is 29.2 Å². The maximum absolute atomic E-state index is 12.7. The van der Waals surface area contributed by atoms with Crippen molar-refractivity contribution in [2.45, 2.75) is 25.2 Å². The van der Waals surface area contributed by atoms with Crippen molar-refractivity contribution in [3.8, 4) is 5.75 Å². The maximum atomic E-state index is 12.7. The fraction of sp³-hybridized carbons (Fsp3) is 0.562. The molecule has 1 fully saturated rings. The molecule has 1 amide bonds. The lowest BCUT2D eigenvalue weighted by atomic mass is 9.93. The fourth-order valence-corrected chi connectivity index (χ4v) is 3.27. The zero-order valence-electron chi connectivity index (χ0n) is 11.6.